The molecule has 1 rings (SSSR count). The minimum Gasteiger partial charge on any atom is -0.508 e. The van der Waals surface area contributed by atoms with Crippen molar-refractivity contribution in [3.05, 3.63) is 28.8 Å². The average Bonchev–Trinajstić information content (AvgIpc) is 2.22. The van der Waals surface area contributed by atoms with Crippen LogP contribution in [0, 0.1) is 11.8 Å². The van der Waals surface area contributed by atoms with Gasteiger partial charge in [-0.1, -0.05) is 33.8 Å². The molecule has 0 aromatic heterocycles. The Hall–Kier alpha value is -0.690. The van der Waals surface area contributed by atoms with Gasteiger partial charge >= 0.3 is 0 Å². The van der Waals surface area contributed by atoms with E-state index in [0.29, 0.717) is 23.5 Å². The molecular weight excluding hydrogens is 232 g/mol. The van der Waals surface area contributed by atoms with Crippen molar-refractivity contribution in [2.45, 2.75) is 46.4 Å². The van der Waals surface area contributed by atoms with Crippen molar-refractivity contribution in [1.29, 1.82) is 0 Å². The van der Waals surface area contributed by atoms with Crippen LogP contribution in [0.25, 0.3) is 0 Å². The summed E-state index contributed by atoms with van der Waals surface area (Å²) in [6.45, 7) is 8.74. The molecule has 0 bridgehead atoms. The van der Waals surface area contributed by atoms with Crippen molar-refractivity contribution < 1.29 is 5.11 Å². The van der Waals surface area contributed by atoms with Gasteiger partial charge in [0, 0.05) is 5.88 Å². The van der Waals surface area contributed by atoms with Gasteiger partial charge in [0.25, 0.3) is 0 Å². The molecule has 0 unspecified atom stereocenters. The number of hydrogen-bond acceptors (Lipinski definition) is 1. The molecule has 0 atom stereocenters. The first-order chi connectivity index (χ1) is 7.95. The van der Waals surface area contributed by atoms with Crippen molar-refractivity contribution in [3.8, 4) is 5.75 Å². The fourth-order valence-corrected chi connectivity index (χ4v) is 2.40. The summed E-state index contributed by atoms with van der Waals surface area (Å²) in [6, 6.07) is 3.73. The Morgan fingerprint density at radius 1 is 1.00 bits per heavy atom. The second-order valence-electron chi connectivity index (χ2n) is 5.53. The Bertz CT molecular complexity index is 369. The Labute approximate surface area is 110 Å². The quantitative estimate of drug-likeness (QED) is 0.766. The number of rotatable bonds is 5. The van der Waals surface area contributed by atoms with Gasteiger partial charge in [-0.15, -0.1) is 11.6 Å². The lowest BCUT2D eigenvalue weighted by Crippen LogP contribution is -2.06. The van der Waals surface area contributed by atoms with Gasteiger partial charge in [-0.3, -0.25) is 0 Å². The summed E-state index contributed by atoms with van der Waals surface area (Å²) in [5, 5.41) is 10.0. The van der Waals surface area contributed by atoms with Crippen LogP contribution in [0.3, 0.4) is 0 Å². The molecule has 0 spiro atoms. The van der Waals surface area contributed by atoms with E-state index in [0.717, 1.165) is 24.0 Å². The zero-order chi connectivity index (χ0) is 13.0. The van der Waals surface area contributed by atoms with Gasteiger partial charge in [0.1, 0.15) is 5.75 Å². The van der Waals surface area contributed by atoms with Gasteiger partial charge in [-0.25, -0.2) is 0 Å². The molecule has 0 aliphatic rings. The van der Waals surface area contributed by atoms with Crippen molar-refractivity contribution >= 4 is 11.6 Å². The summed E-state index contributed by atoms with van der Waals surface area (Å²) >= 11 is 5.99. The molecule has 0 saturated heterocycles. The highest BCUT2D eigenvalue weighted by molar-refractivity contribution is 6.17. The fourth-order valence-electron chi connectivity index (χ4n) is 2.15. The predicted octanol–water partition coefficient (Wildman–Crippen LogP) is 4.53. The van der Waals surface area contributed by atoms with E-state index in [4.69, 9.17) is 11.6 Å². The molecule has 0 fully saturated rings. The second kappa shape index (κ2) is 6.30. The summed E-state index contributed by atoms with van der Waals surface area (Å²) in [4.78, 5) is 0. The molecule has 0 amide bonds. The first kappa shape index (κ1) is 14.4. The average molecular weight is 255 g/mol. The van der Waals surface area contributed by atoms with Crippen LogP contribution in [0.5, 0.6) is 5.75 Å². The third-order valence-electron chi connectivity index (χ3n) is 2.87. The molecule has 1 nitrogen and oxygen atoms in total. The SMILES string of the molecule is CC(C)Cc1c(O)ccc(CCl)c1CC(C)C. The van der Waals surface area contributed by atoms with Crippen LogP contribution in [0.2, 0.25) is 0 Å². The van der Waals surface area contributed by atoms with Crippen molar-refractivity contribution in [3.63, 3.8) is 0 Å². The van der Waals surface area contributed by atoms with Crippen molar-refractivity contribution in [2.75, 3.05) is 0 Å². The van der Waals surface area contributed by atoms with E-state index in [1.165, 1.54) is 5.56 Å². The van der Waals surface area contributed by atoms with Crippen molar-refractivity contribution in [2.24, 2.45) is 11.8 Å². The number of phenols is 1. The third-order valence-corrected chi connectivity index (χ3v) is 3.16. The summed E-state index contributed by atoms with van der Waals surface area (Å²) in [5.41, 5.74) is 3.50. The molecule has 0 radical (unpaired) electrons. The molecule has 0 aliphatic carbocycles. The molecule has 2 heteroatoms. The number of hydrogen-bond donors (Lipinski definition) is 1. The molecule has 0 saturated carbocycles. The lowest BCUT2D eigenvalue weighted by atomic mass is 9.89. The number of halogens is 1. The van der Waals surface area contributed by atoms with Crippen LogP contribution in [0.1, 0.15) is 44.4 Å². The van der Waals surface area contributed by atoms with Gasteiger partial charge in [0.05, 0.1) is 0 Å². The zero-order valence-electron chi connectivity index (χ0n) is 11.3. The van der Waals surface area contributed by atoms with Gasteiger partial charge in [0.15, 0.2) is 0 Å². The highest BCUT2D eigenvalue weighted by Crippen LogP contribution is 2.30. The van der Waals surface area contributed by atoms with Gasteiger partial charge < -0.3 is 5.11 Å². The highest BCUT2D eigenvalue weighted by atomic mass is 35.5. The third kappa shape index (κ3) is 3.92. The van der Waals surface area contributed by atoms with Crippen LogP contribution < -0.4 is 0 Å². The standard InChI is InChI=1S/C15H23ClO/c1-10(2)7-13-12(9-16)5-6-15(17)14(13)8-11(3)4/h5-6,10-11,17H,7-9H2,1-4H3. The molecule has 0 aliphatic heterocycles. The number of phenolic OH excluding ortho intramolecular Hbond substituents is 1. The van der Waals surface area contributed by atoms with E-state index in [1.807, 2.05) is 6.07 Å². The zero-order valence-corrected chi connectivity index (χ0v) is 12.0. The largest absolute Gasteiger partial charge is 0.508 e. The van der Waals surface area contributed by atoms with E-state index in [-0.39, 0.29) is 0 Å². The van der Waals surface area contributed by atoms with Gasteiger partial charge in [-0.05, 0) is 47.4 Å². The van der Waals surface area contributed by atoms with E-state index >= 15 is 0 Å². The van der Waals surface area contributed by atoms with Crippen LogP contribution in [-0.2, 0) is 18.7 Å². The Morgan fingerprint density at radius 2 is 1.53 bits per heavy atom. The van der Waals surface area contributed by atoms with Crippen molar-refractivity contribution in [1.82, 2.24) is 0 Å². The van der Waals surface area contributed by atoms with E-state index in [2.05, 4.69) is 27.7 Å². The van der Waals surface area contributed by atoms with E-state index in [9.17, 15) is 5.11 Å². The van der Waals surface area contributed by atoms with Crippen LogP contribution in [-0.4, -0.2) is 5.11 Å². The number of alkyl halides is 1. The minimum absolute atomic E-state index is 0.420. The molecule has 17 heavy (non-hydrogen) atoms. The monoisotopic (exact) mass is 254 g/mol. The number of aromatic hydroxyl groups is 1. The van der Waals surface area contributed by atoms with E-state index < -0.39 is 0 Å². The summed E-state index contributed by atoms with van der Waals surface area (Å²) < 4.78 is 0. The predicted molar refractivity (Wildman–Crippen MR) is 74.7 cm³/mol. The normalized spacial score (nSPS) is 11.5. The molecular formula is C15H23ClO. The van der Waals surface area contributed by atoms with Crippen LogP contribution in [0.4, 0.5) is 0 Å². The molecule has 1 aromatic carbocycles. The lowest BCUT2D eigenvalue weighted by Gasteiger charge is -2.18. The summed E-state index contributed by atoms with van der Waals surface area (Å²) in [5.74, 6) is 2.05. The first-order valence-corrected chi connectivity index (χ1v) is 6.87. The maximum absolute atomic E-state index is 10.0. The minimum atomic E-state index is 0.420. The molecule has 0 heterocycles. The first-order valence-electron chi connectivity index (χ1n) is 6.34. The second-order valence-corrected chi connectivity index (χ2v) is 5.80. The molecule has 1 aromatic rings. The Morgan fingerprint density at radius 3 is 2.00 bits per heavy atom. The molecule has 96 valence electrons. The topological polar surface area (TPSA) is 20.2 Å². The van der Waals surface area contributed by atoms with E-state index in [1.54, 1.807) is 6.07 Å². The maximum atomic E-state index is 10.0. The van der Waals surface area contributed by atoms with Gasteiger partial charge in [-0.2, -0.15) is 0 Å². The Kier molecular flexibility index (Phi) is 5.32. The number of benzene rings is 1. The van der Waals surface area contributed by atoms with Gasteiger partial charge in [0.2, 0.25) is 0 Å². The fraction of sp³-hybridized carbons (Fsp3) is 0.600. The maximum Gasteiger partial charge on any atom is 0.119 e. The highest BCUT2D eigenvalue weighted by Gasteiger charge is 2.14. The lowest BCUT2D eigenvalue weighted by molar-refractivity contribution is 0.459. The van der Waals surface area contributed by atoms with Crippen LogP contribution >= 0.6 is 11.6 Å². The Balaban J connectivity index is 3.21. The summed E-state index contributed by atoms with van der Waals surface area (Å²) in [7, 11) is 0. The smallest absolute Gasteiger partial charge is 0.119 e. The summed E-state index contributed by atoms with van der Waals surface area (Å²) in [6.07, 6.45) is 1.90. The molecule has 1 N–H and O–H groups in total. The van der Waals surface area contributed by atoms with Crippen LogP contribution in [0.15, 0.2) is 12.1 Å².